The minimum absolute atomic E-state index is 0.106. The molecular weight excluding hydrogens is 234 g/mol. The van der Waals surface area contributed by atoms with Crippen LogP contribution in [0, 0.1) is 6.57 Å². The summed E-state index contributed by atoms with van der Waals surface area (Å²) in [7, 11) is 1.22. The number of carbonyl (C=O) groups excluding carboxylic acids is 1. The Kier molecular flexibility index (Phi) is 5.42. The molecule has 0 aliphatic carbocycles. The Morgan fingerprint density at radius 1 is 1.50 bits per heavy atom. The van der Waals surface area contributed by atoms with Crippen molar-refractivity contribution in [3.8, 4) is 5.75 Å². The molecule has 0 amide bonds. The van der Waals surface area contributed by atoms with E-state index in [-0.39, 0.29) is 18.9 Å². The van der Waals surface area contributed by atoms with Crippen LogP contribution >= 0.6 is 0 Å². The van der Waals surface area contributed by atoms with Gasteiger partial charge in [0.15, 0.2) is 0 Å². The van der Waals surface area contributed by atoms with Crippen LogP contribution in [0.1, 0.15) is 5.56 Å². The molecule has 0 radical (unpaired) electrons. The van der Waals surface area contributed by atoms with Crippen molar-refractivity contribution >= 4 is 12.0 Å². The number of ether oxygens (including phenoxy) is 2. The lowest BCUT2D eigenvalue weighted by atomic mass is 10.1. The van der Waals surface area contributed by atoms with Gasteiger partial charge in [0.2, 0.25) is 0 Å². The Labute approximate surface area is 105 Å². The third-order valence-electron chi connectivity index (χ3n) is 2.08. The van der Waals surface area contributed by atoms with Crippen LogP contribution in [0.2, 0.25) is 0 Å². The molecule has 0 unspecified atom stereocenters. The Balaban J connectivity index is 3.05. The lowest BCUT2D eigenvalue weighted by Gasteiger charge is -2.07. The van der Waals surface area contributed by atoms with Crippen molar-refractivity contribution in [2.75, 3.05) is 20.3 Å². The standard InChI is InChI=1S/C13H13NO4/c1-14-11(13(16)17-2)9-10-5-3-4-6-12(10)18-8-7-15/h3-6,9,15H,7-8H2,2H3. The van der Waals surface area contributed by atoms with Crippen LogP contribution in [0.25, 0.3) is 10.9 Å². The van der Waals surface area contributed by atoms with E-state index >= 15 is 0 Å². The summed E-state index contributed by atoms with van der Waals surface area (Å²) >= 11 is 0. The Morgan fingerprint density at radius 3 is 2.83 bits per heavy atom. The number of methoxy groups -OCH3 is 1. The summed E-state index contributed by atoms with van der Waals surface area (Å²) in [4.78, 5) is 14.4. The number of benzene rings is 1. The molecule has 0 spiro atoms. The van der Waals surface area contributed by atoms with Gasteiger partial charge >= 0.3 is 5.97 Å². The molecule has 5 heteroatoms. The average molecular weight is 247 g/mol. The molecule has 0 atom stereocenters. The van der Waals surface area contributed by atoms with Gasteiger partial charge in [0.1, 0.15) is 12.4 Å². The third kappa shape index (κ3) is 3.61. The lowest BCUT2D eigenvalue weighted by molar-refractivity contribution is -0.135. The van der Waals surface area contributed by atoms with Gasteiger partial charge in [-0.1, -0.05) is 18.2 Å². The summed E-state index contributed by atoms with van der Waals surface area (Å²) < 4.78 is 9.79. The largest absolute Gasteiger partial charge is 0.491 e. The number of aliphatic hydroxyl groups excluding tert-OH is 1. The highest BCUT2D eigenvalue weighted by molar-refractivity contribution is 5.95. The predicted molar refractivity (Wildman–Crippen MR) is 65.6 cm³/mol. The number of rotatable bonds is 5. The molecule has 0 saturated carbocycles. The van der Waals surface area contributed by atoms with E-state index in [1.807, 2.05) is 0 Å². The lowest BCUT2D eigenvalue weighted by Crippen LogP contribution is -2.04. The molecule has 0 aliphatic rings. The number of hydrogen-bond donors (Lipinski definition) is 1. The van der Waals surface area contributed by atoms with E-state index in [2.05, 4.69) is 9.58 Å². The summed E-state index contributed by atoms with van der Waals surface area (Å²) in [5, 5.41) is 8.71. The minimum Gasteiger partial charge on any atom is -0.491 e. The average Bonchev–Trinajstić information content (AvgIpc) is 2.42. The third-order valence-corrected chi connectivity index (χ3v) is 2.08. The minimum atomic E-state index is -0.693. The topological polar surface area (TPSA) is 60.1 Å². The van der Waals surface area contributed by atoms with E-state index in [1.165, 1.54) is 13.2 Å². The van der Waals surface area contributed by atoms with Crippen LogP contribution in [0.3, 0.4) is 0 Å². The second-order valence-corrected chi connectivity index (χ2v) is 3.24. The number of carbonyl (C=O) groups is 1. The van der Waals surface area contributed by atoms with Gasteiger partial charge in [-0.25, -0.2) is 4.85 Å². The van der Waals surface area contributed by atoms with Crippen molar-refractivity contribution in [1.82, 2.24) is 0 Å². The van der Waals surface area contributed by atoms with Gasteiger partial charge in [-0.05, 0) is 12.1 Å². The first-order valence-electron chi connectivity index (χ1n) is 5.23. The van der Waals surface area contributed by atoms with Crippen molar-refractivity contribution in [3.63, 3.8) is 0 Å². The van der Waals surface area contributed by atoms with E-state index in [0.717, 1.165) is 0 Å². The summed E-state index contributed by atoms with van der Waals surface area (Å²) in [5.74, 6) is -0.196. The number of esters is 1. The van der Waals surface area contributed by atoms with Gasteiger partial charge in [0, 0.05) is 5.56 Å². The molecule has 0 aliphatic heterocycles. The van der Waals surface area contributed by atoms with Gasteiger partial charge in [-0.15, -0.1) is 0 Å². The van der Waals surface area contributed by atoms with E-state index in [9.17, 15) is 4.79 Å². The molecule has 5 nitrogen and oxygen atoms in total. The van der Waals surface area contributed by atoms with Gasteiger partial charge in [0.25, 0.3) is 5.70 Å². The van der Waals surface area contributed by atoms with Gasteiger partial charge < -0.3 is 14.6 Å². The number of hydrogen-bond acceptors (Lipinski definition) is 4. The maximum atomic E-state index is 11.3. The van der Waals surface area contributed by atoms with Crippen LogP contribution in [0.5, 0.6) is 5.75 Å². The smallest absolute Gasteiger partial charge is 0.336 e. The van der Waals surface area contributed by atoms with Crippen molar-refractivity contribution in [1.29, 1.82) is 0 Å². The second kappa shape index (κ2) is 7.09. The molecule has 1 rings (SSSR count). The maximum absolute atomic E-state index is 11.3. The number of para-hydroxylation sites is 1. The Morgan fingerprint density at radius 2 is 2.22 bits per heavy atom. The first-order valence-corrected chi connectivity index (χ1v) is 5.23. The van der Waals surface area contributed by atoms with E-state index in [0.29, 0.717) is 11.3 Å². The van der Waals surface area contributed by atoms with E-state index in [4.69, 9.17) is 16.4 Å². The van der Waals surface area contributed by atoms with Crippen LogP contribution in [-0.2, 0) is 9.53 Å². The van der Waals surface area contributed by atoms with Crippen molar-refractivity contribution in [2.24, 2.45) is 0 Å². The molecule has 0 heterocycles. The van der Waals surface area contributed by atoms with Crippen molar-refractivity contribution in [3.05, 3.63) is 46.9 Å². The highest BCUT2D eigenvalue weighted by atomic mass is 16.5. The summed E-state index contributed by atoms with van der Waals surface area (Å²) in [6.45, 7) is 6.97. The molecule has 0 saturated heterocycles. The SMILES string of the molecule is [C-]#[N+]C(=Cc1ccccc1OCCO)C(=O)OC. The zero-order chi connectivity index (χ0) is 13.4. The highest BCUT2D eigenvalue weighted by Crippen LogP contribution is 2.21. The molecule has 0 fully saturated rings. The van der Waals surface area contributed by atoms with Crippen LogP contribution in [-0.4, -0.2) is 31.4 Å². The molecule has 94 valence electrons. The zero-order valence-corrected chi connectivity index (χ0v) is 9.92. The summed E-state index contributed by atoms with van der Waals surface area (Å²) in [6, 6.07) is 6.93. The fourth-order valence-electron chi connectivity index (χ4n) is 1.28. The summed E-state index contributed by atoms with van der Waals surface area (Å²) in [5.41, 5.74) is 0.458. The zero-order valence-electron chi connectivity index (χ0n) is 9.92. The summed E-state index contributed by atoms with van der Waals surface area (Å²) in [6.07, 6.45) is 1.39. The molecular formula is C13H13NO4. The molecule has 1 aromatic carbocycles. The second-order valence-electron chi connectivity index (χ2n) is 3.24. The van der Waals surface area contributed by atoms with Gasteiger partial charge in [0.05, 0.1) is 20.3 Å². The first-order chi connectivity index (χ1) is 8.72. The molecule has 0 bridgehead atoms. The van der Waals surface area contributed by atoms with Gasteiger partial charge in [-0.3, -0.25) is 4.79 Å². The molecule has 1 N–H and O–H groups in total. The van der Waals surface area contributed by atoms with E-state index in [1.54, 1.807) is 24.3 Å². The van der Waals surface area contributed by atoms with Crippen LogP contribution in [0.4, 0.5) is 0 Å². The molecule has 18 heavy (non-hydrogen) atoms. The van der Waals surface area contributed by atoms with Crippen LogP contribution in [0.15, 0.2) is 30.0 Å². The highest BCUT2D eigenvalue weighted by Gasteiger charge is 2.11. The van der Waals surface area contributed by atoms with E-state index < -0.39 is 5.97 Å². The maximum Gasteiger partial charge on any atom is 0.336 e. The number of nitrogens with zero attached hydrogens (tertiary/aromatic N) is 1. The molecule has 0 aromatic heterocycles. The Hall–Kier alpha value is -2.32. The van der Waals surface area contributed by atoms with Gasteiger partial charge in [-0.2, -0.15) is 0 Å². The first kappa shape index (κ1) is 13.7. The monoisotopic (exact) mass is 247 g/mol. The Bertz CT molecular complexity index is 488. The fraction of sp³-hybridized carbons (Fsp3) is 0.231. The van der Waals surface area contributed by atoms with Crippen LogP contribution < -0.4 is 4.74 Å². The quantitative estimate of drug-likeness (QED) is 0.486. The van der Waals surface area contributed by atoms with Crippen molar-refractivity contribution in [2.45, 2.75) is 0 Å². The predicted octanol–water partition coefficient (Wildman–Crippen LogP) is 1.49. The normalized spacial score (nSPS) is 10.6. The number of aliphatic hydroxyl groups is 1. The molecule has 1 aromatic rings. The van der Waals surface area contributed by atoms with Crippen molar-refractivity contribution < 1.29 is 19.4 Å². The fourth-order valence-corrected chi connectivity index (χ4v) is 1.28.